The van der Waals surface area contributed by atoms with E-state index < -0.39 is 0 Å². The highest BCUT2D eigenvalue weighted by molar-refractivity contribution is 5.59. The molecule has 1 aliphatic rings. The Labute approximate surface area is 115 Å². The molecule has 1 unspecified atom stereocenters. The van der Waals surface area contributed by atoms with Gasteiger partial charge < -0.3 is 15.3 Å². The summed E-state index contributed by atoms with van der Waals surface area (Å²) in [7, 11) is 1.90. The fourth-order valence-corrected chi connectivity index (χ4v) is 2.93. The van der Waals surface area contributed by atoms with Crippen molar-refractivity contribution in [3.63, 3.8) is 0 Å². The number of nitrogens with one attached hydrogen (secondary N) is 1. The largest absolute Gasteiger partial charge is 0.396 e. The van der Waals surface area contributed by atoms with E-state index in [1.54, 1.807) is 6.33 Å². The second-order valence-corrected chi connectivity index (χ2v) is 4.98. The van der Waals surface area contributed by atoms with E-state index in [2.05, 4.69) is 27.1 Å². The quantitative estimate of drug-likeness (QED) is 0.820. The summed E-state index contributed by atoms with van der Waals surface area (Å²) in [5.41, 5.74) is 1.20. The third-order valence-electron chi connectivity index (χ3n) is 3.86. The van der Waals surface area contributed by atoms with E-state index in [0.29, 0.717) is 6.04 Å². The lowest BCUT2D eigenvalue weighted by Gasteiger charge is -2.28. The third-order valence-corrected chi connectivity index (χ3v) is 3.86. The molecule has 1 fully saturated rings. The topological polar surface area (TPSA) is 61.3 Å². The maximum atomic E-state index is 9.01. The van der Waals surface area contributed by atoms with Crippen molar-refractivity contribution >= 4 is 11.6 Å². The van der Waals surface area contributed by atoms with Gasteiger partial charge in [-0.05, 0) is 32.1 Å². The standard InChI is InChI=1S/C14H24N4O/c1-3-12-13(15-2)16-10-17-14(12)18-8-4-6-11(18)7-5-9-19/h10-11,19H,3-9H2,1-2H3,(H,15,16,17). The molecular weight excluding hydrogens is 240 g/mol. The molecule has 0 saturated carbocycles. The molecule has 0 spiro atoms. The minimum absolute atomic E-state index is 0.274. The summed E-state index contributed by atoms with van der Waals surface area (Å²) < 4.78 is 0. The van der Waals surface area contributed by atoms with Crippen molar-refractivity contribution in [3.05, 3.63) is 11.9 Å². The van der Waals surface area contributed by atoms with Crippen LogP contribution in [-0.2, 0) is 6.42 Å². The molecule has 1 aliphatic heterocycles. The molecule has 106 valence electrons. The first-order valence-corrected chi connectivity index (χ1v) is 7.21. The van der Waals surface area contributed by atoms with Crippen molar-refractivity contribution in [2.24, 2.45) is 0 Å². The molecule has 1 aromatic heterocycles. The van der Waals surface area contributed by atoms with E-state index in [0.717, 1.165) is 37.4 Å². The normalized spacial score (nSPS) is 18.9. The van der Waals surface area contributed by atoms with E-state index in [1.807, 2.05) is 7.05 Å². The second kappa shape index (κ2) is 6.70. The molecule has 2 N–H and O–H groups in total. The Morgan fingerprint density at radius 2 is 2.32 bits per heavy atom. The van der Waals surface area contributed by atoms with Gasteiger partial charge in [-0.25, -0.2) is 9.97 Å². The van der Waals surface area contributed by atoms with Crippen LogP contribution in [0.2, 0.25) is 0 Å². The molecular formula is C14H24N4O. The van der Waals surface area contributed by atoms with E-state index in [1.165, 1.54) is 18.4 Å². The number of hydrogen-bond donors (Lipinski definition) is 2. The fraction of sp³-hybridized carbons (Fsp3) is 0.714. The summed E-state index contributed by atoms with van der Waals surface area (Å²) in [6.45, 7) is 3.47. The van der Waals surface area contributed by atoms with Gasteiger partial charge in [0.25, 0.3) is 0 Å². The highest BCUT2D eigenvalue weighted by Crippen LogP contribution is 2.31. The summed E-state index contributed by atoms with van der Waals surface area (Å²) in [6.07, 6.45) is 6.88. The number of nitrogens with zero attached hydrogens (tertiary/aromatic N) is 3. The Bertz CT molecular complexity index is 410. The van der Waals surface area contributed by atoms with Crippen molar-refractivity contribution in [3.8, 4) is 0 Å². The number of anilines is 2. The van der Waals surface area contributed by atoms with Crippen molar-refractivity contribution in [2.45, 2.75) is 45.1 Å². The Hall–Kier alpha value is -1.36. The maximum absolute atomic E-state index is 9.01. The van der Waals surface area contributed by atoms with Gasteiger partial charge in [-0.15, -0.1) is 0 Å². The number of aliphatic hydroxyl groups is 1. The fourth-order valence-electron chi connectivity index (χ4n) is 2.93. The molecule has 0 aliphatic carbocycles. The van der Waals surface area contributed by atoms with Gasteiger partial charge in [-0.3, -0.25) is 0 Å². The summed E-state index contributed by atoms with van der Waals surface area (Å²) >= 11 is 0. The maximum Gasteiger partial charge on any atom is 0.137 e. The number of hydrogen-bond acceptors (Lipinski definition) is 5. The first kappa shape index (κ1) is 14.1. The lowest BCUT2D eigenvalue weighted by Crippen LogP contribution is -2.31. The highest BCUT2D eigenvalue weighted by atomic mass is 16.2. The van der Waals surface area contributed by atoms with Crippen LogP contribution in [0.3, 0.4) is 0 Å². The summed E-state index contributed by atoms with van der Waals surface area (Å²) in [5.74, 6) is 2.00. The number of rotatable bonds is 6. The molecule has 0 amide bonds. The molecule has 1 saturated heterocycles. The Morgan fingerprint density at radius 1 is 1.47 bits per heavy atom. The van der Waals surface area contributed by atoms with Crippen molar-refractivity contribution in [1.82, 2.24) is 9.97 Å². The van der Waals surface area contributed by atoms with Gasteiger partial charge >= 0.3 is 0 Å². The van der Waals surface area contributed by atoms with Crippen LogP contribution in [0.5, 0.6) is 0 Å². The summed E-state index contributed by atoms with van der Waals surface area (Å²) in [4.78, 5) is 11.2. The van der Waals surface area contributed by atoms with E-state index in [-0.39, 0.29) is 6.61 Å². The zero-order valence-electron chi connectivity index (χ0n) is 11.9. The van der Waals surface area contributed by atoms with Crippen LogP contribution >= 0.6 is 0 Å². The van der Waals surface area contributed by atoms with Gasteiger partial charge in [0.15, 0.2) is 0 Å². The molecule has 2 rings (SSSR count). The van der Waals surface area contributed by atoms with Gasteiger partial charge in [-0.1, -0.05) is 6.92 Å². The molecule has 0 aromatic carbocycles. The van der Waals surface area contributed by atoms with Crippen molar-refractivity contribution in [1.29, 1.82) is 0 Å². The Morgan fingerprint density at radius 3 is 3.00 bits per heavy atom. The zero-order chi connectivity index (χ0) is 13.7. The predicted molar refractivity (Wildman–Crippen MR) is 77.6 cm³/mol. The minimum Gasteiger partial charge on any atom is -0.396 e. The Balaban J connectivity index is 2.24. The van der Waals surface area contributed by atoms with Gasteiger partial charge in [0.05, 0.1) is 0 Å². The SMILES string of the molecule is CCc1c(NC)ncnc1N1CCCC1CCCO. The average molecular weight is 264 g/mol. The number of aliphatic hydroxyl groups excluding tert-OH is 1. The smallest absolute Gasteiger partial charge is 0.137 e. The zero-order valence-corrected chi connectivity index (χ0v) is 11.9. The molecule has 2 heterocycles. The van der Waals surface area contributed by atoms with E-state index in [9.17, 15) is 0 Å². The van der Waals surface area contributed by atoms with Gasteiger partial charge in [0, 0.05) is 31.8 Å². The van der Waals surface area contributed by atoms with Crippen molar-refractivity contribution in [2.75, 3.05) is 30.4 Å². The van der Waals surface area contributed by atoms with Crippen molar-refractivity contribution < 1.29 is 5.11 Å². The molecule has 5 heteroatoms. The predicted octanol–water partition coefficient (Wildman–Crippen LogP) is 1.82. The lowest BCUT2D eigenvalue weighted by atomic mass is 10.1. The first-order valence-electron chi connectivity index (χ1n) is 7.21. The molecule has 0 radical (unpaired) electrons. The Kier molecular flexibility index (Phi) is 4.96. The van der Waals surface area contributed by atoms with Gasteiger partial charge in [0.1, 0.15) is 18.0 Å². The van der Waals surface area contributed by atoms with Crippen LogP contribution in [0.4, 0.5) is 11.6 Å². The molecule has 1 aromatic rings. The van der Waals surface area contributed by atoms with Crippen LogP contribution in [0.1, 0.15) is 38.2 Å². The minimum atomic E-state index is 0.274. The van der Waals surface area contributed by atoms with Crippen LogP contribution in [0.15, 0.2) is 6.33 Å². The first-order chi connectivity index (χ1) is 9.31. The van der Waals surface area contributed by atoms with Gasteiger partial charge in [0.2, 0.25) is 0 Å². The van der Waals surface area contributed by atoms with Crippen LogP contribution in [0.25, 0.3) is 0 Å². The molecule has 1 atom stereocenters. The monoisotopic (exact) mass is 264 g/mol. The molecule has 5 nitrogen and oxygen atoms in total. The second-order valence-electron chi connectivity index (χ2n) is 4.98. The lowest BCUT2D eigenvalue weighted by molar-refractivity contribution is 0.279. The van der Waals surface area contributed by atoms with E-state index >= 15 is 0 Å². The van der Waals surface area contributed by atoms with Crippen LogP contribution < -0.4 is 10.2 Å². The third kappa shape index (κ3) is 2.97. The summed E-state index contributed by atoms with van der Waals surface area (Å²) in [6, 6.07) is 0.511. The van der Waals surface area contributed by atoms with E-state index in [4.69, 9.17) is 5.11 Å². The number of aromatic nitrogens is 2. The van der Waals surface area contributed by atoms with Crippen LogP contribution in [0, 0.1) is 0 Å². The van der Waals surface area contributed by atoms with Crippen LogP contribution in [-0.4, -0.2) is 41.3 Å². The molecule has 19 heavy (non-hydrogen) atoms. The average Bonchev–Trinajstić information content (AvgIpc) is 2.92. The summed E-state index contributed by atoms with van der Waals surface area (Å²) in [5, 5.41) is 12.2. The highest BCUT2D eigenvalue weighted by Gasteiger charge is 2.27. The molecule has 0 bridgehead atoms. The van der Waals surface area contributed by atoms with Gasteiger partial charge in [-0.2, -0.15) is 0 Å².